The number of pyridine rings is 1. The summed E-state index contributed by atoms with van der Waals surface area (Å²) in [6.45, 7) is 6.98. The average Bonchev–Trinajstić information content (AvgIpc) is 3.71. The third-order valence-electron chi connectivity index (χ3n) is 9.24. The maximum Gasteiger partial charge on any atom is 2.00 e. The Labute approximate surface area is 256 Å². The molecule has 0 aromatic carbocycles. The molecule has 216 valence electrons. The van der Waals surface area contributed by atoms with Gasteiger partial charge in [-0.2, -0.15) is 9.34 Å². The third kappa shape index (κ3) is 8.08. The van der Waals surface area contributed by atoms with Gasteiger partial charge in [-0.15, -0.1) is 0 Å². The molecule has 2 saturated carbocycles. The van der Waals surface area contributed by atoms with E-state index in [1.807, 2.05) is 12.1 Å². The molecule has 5 atom stereocenters. The van der Waals surface area contributed by atoms with Crippen LogP contribution in [0.1, 0.15) is 115 Å². The topological polar surface area (TPSA) is 39.6 Å². The normalized spacial score (nSPS) is 28.5. The molecule has 4 aliphatic rings. The standard InChI is InChI=1S/C23H37BBrN3OP.C5H10.2CH3.Fe/c1-3-18-8-6-14-27(18)30(24,28-15-7-9-19(28)4-2)20-12-11-17(16-20)22(29)21-10-5-13-26-23(21)25;1-2-4-5-3-1;;;/h5,10,13,17-20,22,29H,3-4,6-9,11-12,14-16H2,1-2H3;1-5H2;2*1H3;/q+1;;2*-1;+2/t17?,18-,19-,20?,22+;;;;/m1..../s1. The fourth-order valence-corrected chi connectivity index (χ4v) is 12.5. The van der Waals surface area contributed by atoms with Gasteiger partial charge < -0.3 is 20.0 Å². The first-order valence-corrected chi connectivity index (χ1v) is 17.1. The monoisotopic (exact) mass is 648 g/mol. The molecule has 8 heteroatoms. The zero-order valence-corrected chi connectivity index (χ0v) is 28.1. The van der Waals surface area contributed by atoms with Gasteiger partial charge in [0, 0.05) is 36.9 Å². The Morgan fingerprint density at radius 2 is 1.47 bits per heavy atom. The van der Waals surface area contributed by atoms with E-state index >= 15 is 0 Å². The van der Waals surface area contributed by atoms with Gasteiger partial charge >= 0.3 is 24.6 Å². The quantitative estimate of drug-likeness (QED) is 0.139. The van der Waals surface area contributed by atoms with Crippen LogP contribution < -0.4 is 0 Å². The molecule has 2 aliphatic heterocycles. The molecule has 0 amide bonds. The van der Waals surface area contributed by atoms with Crippen molar-refractivity contribution in [2.75, 3.05) is 13.1 Å². The van der Waals surface area contributed by atoms with E-state index in [1.54, 1.807) is 6.20 Å². The summed E-state index contributed by atoms with van der Waals surface area (Å²) in [4.78, 5) is 4.33. The number of rotatable bonds is 7. The second kappa shape index (κ2) is 17.5. The minimum absolute atomic E-state index is 0. The van der Waals surface area contributed by atoms with Crippen LogP contribution >= 0.6 is 23.4 Å². The number of aliphatic hydroxyl groups excluding tert-OH is 1. The van der Waals surface area contributed by atoms with Crippen molar-refractivity contribution in [1.82, 2.24) is 14.3 Å². The molecule has 2 aliphatic carbocycles. The Kier molecular flexibility index (Phi) is 16.8. The van der Waals surface area contributed by atoms with Crippen LogP contribution in [0.2, 0.25) is 0 Å². The number of hydrogen-bond acceptors (Lipinski definition) is 4. The van der Waals surface area contributed by atoms with E-state index in [0.717, 1.165) is 42.5 Å². The number of aliphatic hydroxyl groups is 1. The van der Waals surface area contributed by atoms with Crippen LogP contribution in [0.3, 0.4) is 0 Å². The van der Waals surface area contributed by atoms with Crippen LogP contribution in [-0.4, -0.2) is 57.8 Å². The van der Waals surface area contributed by atoms with Crippen molar-refractivity contribution < 1.29 is 22.2 Å². The van der Waals surface area contributed by atoms with Crippen LogP contribution in [0.5, 0.6) is 0 Å². The molecule has 4 nitrogen and oxygen atoms in total. The van der Waals surface area contributed by atoms with Crippen LogP contribution in [0, 0.1) is 20.8 Å². The summed E-state index contributed by atoms with van der Waals surface area (Å²) in [5.74, 6) is 0.267. The molecular weight excluding hydrogens is 596 g/mol. The molecule has 0 bridgehead atoms. The van der Waals surface area contributed by atoms with Crippen molar-refractivity contribution in [3.8, 4) is 0 Å². The van der Waals surface area contributed by atoms with Crippen molar-refractivity contribution in [2.24, 2.45) is 5.92 Å². The van der Waals surface area contributed by atoms with E-state index in [9.17, 15) is 5.11 Å². The molecule has 1 aromatic heterocycles. The average molecular weight is 649 g/mol. The second-order valence-corrected chi connectivity index (χ2v) is 15.2. The van der Waals surface area contributed by atoms with E-state index in [1.165, 1.54) is 70.6 Å². The van der Waals surface area contributed by atoms with Gasteiger partial charge in [-0.3, -0.25) is 0 Å². The predicted octanol–water partition coefficient (Wildman–Crippen LogP) is 8.57. The van der Waals surface area contributed by atoms with Crippen molar-refractivity contribution in [1.29, 1.82) is 0 Å². The number of hydrogen-bond donors (Lipinski definition) is 1. The van der Waals surface area contributed by atoms with Crippen molar-refractivity contribution in [3.63, 3.8) is 0 Å². The van der Waals surface area contributed by atoms with Gasteiger partial charge in [-0.1, -0.05) is 52.0 Å². The van der Waals surface area contributed by atoms with E-state index < -0.39 is 13.5 Å². The second-order valence-electron chi connectivity index (χ2n) is 11.3. The Bertz CT molecular complexity index is 775. The predicted molar refractivity (Wildman–Crippen MR) is 167 cm³/mol. The molecule has 38 heavy (non-hydrogen) atoms. The number of halogens is 1. The van der Waals surface area contributed by atoms with Crippen molar-refractivity contribution in [2.45, 2.75) is 128 Å². The Balaban J connectivity index is 0.000000813. The van der Waals surface area contributed by atoms with Crippen LogP contribution in [0.15, 0.2) is 22.9 Å². The Hall–Kier alpha value is 0.524. The van der Waals surface area contributed by atoms with Crippen molar-refractivity contribution in [3.05, 3.63) is 43.3 Å². The molecule has 2 saturated heterocycles. The SMILES string of the molecule is C1CCCC1.[B][P+](C1CCC([C@H](O)c2cccnc2Br)C1)(N1CCC[C@H]1CC)N1CCC[C@H]1CC.[CH3-].[CH3-].[Fe+2]. The summed E-state index contributed by atoms with van der Waals surface area (Å²) in [6.07, 6.45) is 19.6. The molecule has 4 fully saturated rings. The van der Waals surface area contributed by atoms with E-state index in [4.69, 9.17) is 7.57 Å². The Morgan fingerprint density at radius 3 is 1.95 bits per heavy atom. The molecule has 1 N–H and O–H groups in total. The minimum atomic E-state index is -1.91. The van der Waals surface area contributed by atoms with E-state index in [-0.39, 0.29) is 37.8 Å². The van der Waals surface area contributed by atoms with Gasteiger partial charge in [0.15, 0.2) is 0 Å². The number of nitrogens with zero attached hydrogens (tertiary/aromatic N) is 3. The fraction of sp³-hybridized carbons (Fsp3) is 0.767. The fourth-order valence-electron chi connectivity index (χ4n) is 7.26. The number of aromatic nitrogens is 1. The molecule has 5 rings (SSSR count). The van der Waals surface area contributed by atoms with E-state index in [2.05, 4.69) is 44.1 Å². The maximum atomic E-state index is 11.2. The first-order chi connectivity index (χ1) is 17.0. The third-order valence-corrected chi connectivity index (χ3v) is 14.1. The first kappa shape index (κ1) is 36.6. The molecule has 2 unspecified atom stereocenters. The zero-order chi connectivity index (χ0) is 24.8. The summed E-state index contributed by atoms with van der Waals surface area (Å²) in [5.41, 5.74) is 1.43. The maximum absolute atomic E-state index is 11.2. The van der Waals surface area contributed by atoms with E-state index in [0.29, 0.717) is 17.7 Å². The Morgan fingerprint density at radius 1 is 0.947 bits per heavy atom. The summed E-state index contributed by atoms with van der Waals surface area (Å²) >= 11 is 3.54. The molecule has 1 aromatic rings. The van der Waals surface area contributed by atoms with Crippen LogP contribution in [-0.2, 0) is 17.1 Å². The van der Waals surface area contributed by atoms with Gasteiger partial charge in [0.1, 0.15) is 12.0 Å². The van der Waals surface area contributed by atoms with Gasteiger partial charge in [0.25, 0.3) is 0 Å². The molecule has 3 heterocycles. The minimum Gasteiger partial charge on any atom is -0.388 e. The largest absolute Gasteiger partial charge is 2.00 e. The molecule has 0 spiro atoms. The molecular formula is C30H53BBrFeN3OP+. The van der Waals surface area contributed by atoms with Gasteiger partial charge in [-0.05, 0) is 85.7 Å². The smallest absolute Gasteiger partial charge is 0.388 e. The summed E-state index contributed by atoms with van der Waals surface area (Å²) < 4.78 is 6.33. The van der Waals surface area contributed by atoms with Gasteiger partial charge in [0.05, 0.1) is 11.8 Å². The summed E-state index contributed by atoms with van der Waals surface area (Å²) in [7, 11) is 5.73. The van der Waals surface area contributed by atoms with Crippen LogP contribution in [0.25, 0.3) is 0 Å². The van der Waals surface area contributed by atoms with Crippen molar-refractivity contribution >= 4 is 30.9 Å². The van der Waals surface area contributed by atoms with Crippen LogP contribution in [0.4, 0.5) is 0 Å². The van der Waals surface area contributed by atoms with Gasteiger partial charge in [0.2, 0.25) is 0 Å². The van der Waals surface area contributed by atoms with Gasteiger partial charge in [-0.25, -0.2) is 4.98 Å². The summed E-state index contributed by atoms with van der Waals surface area (Å²) in [6, 6.07) is 5.19. The summed E-state index contributed by atoms with van der Waals surface area (Å²) in [5, 5.41) is 11.2. The first-order valence-electron chi connectivity index (χ1n) is 14.5. The zero-order valence-electron chi connectivity index (χ0n) is 24.5. The molecule has 2 radical (unpaired) electrons.